The van der Waals surface area contributed by atoms with Gasteiger partial charge in [-0.25, -0.2) is 13.2 Å². The summed E-state index contributed by atoms with van der Waals surface area (Å²) in [4.78, 5) is 0. The smallest absolute Gasteiger partial charge is 0.194 e. The van der Waals surface area contributed by atoms with Crippen LogP contribution in [0.15, 0.2) is 12.1 Å². The van der Waals surface area contributed by atoms with Crippen molar-refractivity contribution in [3.8, 4) is 0 Å². The first-order valence-electron chi connectivity index (χ1n) is 7.13. The Balaban J connectivity index is 2.75. The molecular formula is C16H24F3N. The third-order valence-electron chi connectivity index (χ3n) is 3.50. The lowest BCUT2D eigenvalue weighted by Crippen LogP contribution is -2.41. The molecule has 0 amide bonds. The minimum atomic E-state index is -1.38. The molecule has 0 radical (unpaired) electrons. The van der Waals surface area contributed by atoms with Crippen molar-refractivity contribution in [2.24, 2.45) is 5.41 Å². The summed E-state index contributed by atoms with van der Waals surface area (Å²) in [5.41, 5.74) is 0.265. The van der Waals surface area contributed by atoms with Gasteiger partial charge in [0.2, 0.25) is 0 Å². The van der Waals surface area contributed by atoms with Crippen LogP contribution < -0.4 is 5.32 Å². The monoisotopic (exact) mass is 287 g/mol. The number of rotatable bonds is 6. The van der Waals surface area contributed by atoms with Crippen molar-refractivity contribution in [2.75, 3.05) is 6.54 Å². The summed E-state index contributed by atoms with van der Waals surface area (Å²) < 4.78 is 39.7. The molecule has 1 aromatic rings. The molecule has 1 atom stereocenters. The number of halogens is 3. The van der Waals surface area contributed by atoms with Crippen LogP contribution in [0.3, 0.4) is 0 Å². The van der Waals surface area contributed by atoms with Crippen LogP contribution in [0, 0.1) is 22.9 Å². The lowest BCUT2D eigenvalue weighted by molar-refractivity contribution is 0.254. The largest absolute Gasteiger partial charge is 0.313 e. The zero-order valence-electron chi connectivity index (χ0n) is 12.7. The van der Waals surface area contributed by atoms with Crippen LogP contribution in [0.5, 0.6) is 0 Å². The molecule has 0 aromatic heterocycles. The first-order chi connectivity index (χ1) is 9.27. The SMILES string of the molecule is CCCNC(CCc1ccc(F)c(F)c1F)C(C)(C)C. The van der Waals surface area contributed by atoms with E-state index in [-0.39, 0.29) is 17.0 Å². The summed E-state index contributed by atoms with van der Waals surface area (Å²) in [6, 6.07) is 2.52. The molecule has 4 heteroatoms. The van der Waals surface area contributed by atoms with Crippen molar-refractivity contribution < 1.29 is 13.2 Å². The van der Waals surface area contributed by atoms with Crippen molar-refractivity contribution in [3.05, 3.63) is 35.1 Å². The molecule has 0 bridgehead atoms. The van der Waals surface area contributed by atoms with Gasteiger partial charge in [0.25, 0.3) is 0 Å². The fourth-order valence-electron chi connectivity index (χ4n) is 2.22. The summed E-state index contributed by atoms with van der Waals surface area (Å²) in [5, 5.41) is 3.43. The van der Waals surface area contributed by atoms with Crippen LogP contribution in [0.4, 0.5) is 13.2 Å². The Kier molecular flexibility index (Phi) is 6.06. The average molecular weight is 287 g/mol. The second-order valence-electron chi connectivity index (χ2n) is 6.25. The number of nitrogens with one attached hydrogen (secondary N) is 1. The van der Waals surface area contributed by atoms with Gasteiger partial charge in [0, 0.05) is 6.04 Å². The molecule has 1 aromatic carbocycles. The van der Waals surface area contributed by atoms with E-state index in [1.54, 1.807) is 0 Å². The third kappa shape index (κ3) is 4.51. The summed E-state index contributed by atoms with van der Waals surface area (Å²) >= 11 is 0. The Bertz CT molecular complexity index is 438. The highest BCUT2D eigenvalue weighted by atomic mass is 19.2. The molecule has 0 saturated heterocycles. The fourth-order valence-corrected chi connectivity index (χ4v) is 2.22. The van der Waals surface area contributed by atoms with E-state index in [4.69, 9.17) is 0 Å². The third-order valence-corrected chi connectivity index (χ3v) is 3.50. The zero-order chi connectivity index (χ0) is 15.3. The lowest BCUT2D eigenvalue weighted by Gasteiger charge is -2.32. The molecule has 20 heavy (non-hydrogen) atoms. The summed E-state index contributed by atoms with van der Waals surface area (Å²) in [6.45, 7) is 9.32. The molecule has 1 rings (SSSR count). The minimum Gasteiger partial charge on any atom is -0.313 e. The van der Waals surface area contributed by atoms with Crippen LogP contribution >= 0.6 is 0 Å². The predicted molar refractivity (Wildman–Crippen MR) is 76.2 cm³/mol. The number of aryl methyl sites for hydroxylation is 1. The fraction of sp³-hybridized carbons (Fsp3) is 0.625. The van der Waals surface area contributed by atoms with Crippen molar-refractivity contribution in [1.82, 2.24) is 5.32 Å². The van der Waals surface area contributed by atoms with Crippen molar-refractivity contribution in [2.45, 2.75) is 53.0 Å². The molecule has 0 saturated carbocycles. The van der Waals surface area contributed by atoms with E-state index in [1.165, 1.54) is 6.07 Å². The van der Waals surface area contributed by atoms with Crippen molar-refractivity contribution in [3.63, 3.8) is 0 Å². The van der Waals surface area contributed by atoms with Crippen LogP contribution in [0.1, 0.15) is 46.1 Å². The molecule has 114 valence electrons. The highest BCUT2D eigenvalue weighted by molar-refractivity contribution is 5.20. The molecule has 0 spiro atoms. The zero-order valence-corrected chi connectivity index (χ0v) is 12.7. The second-order valence-corrected chi connectivity index (χ2v) is 6.25. The topological polar surface area (TPSA) is 12.0 Å². The second kappa shape index (κ2) is 7.11. The van der Waals surface area contributed by atoms with E-state index >= 15 is 0 Å². The van der Waals surface area contributed by atoms with Gasteiger partial charge in [0.1, 0.15) is 0 Å². The summed E-state index contributed by atoms with van der Waals surface area (Å²) in [7, 11) is 0. The van der Waals surface area contributed by atoms with E-state index in [0.29, 0.717) is 12.8 Å². The lowest BCUT2D eigenvalue weighted by atomic mass is 9.83. The molecule has 0 heterocycles. The maximum Gasteiger partial charge on any atom is 0.194 e. The maximum absolute atomic E-state index is 13.6. The Hall–Kier alpha value is -1.03. The van der Waals surface area contributed by atoms with E-state index < -0.39 is 17.5 Å². The highest BCUT2D eigenvalue weighted by Crippen LogP contribution is 2.24. The standard InChI is InChI=1S/C16H24F3N/c1-5-10-20-13(16(2,3)4)9-7-11-6-8-12(17)15(19)14(11)18/h6,8,13,20H,5,7,9-10H2,1-4H3. The Morgan fingerprint density at radius 1 is 1.10 bits per heavy atom. The van der Waals surface area contributed by atoms with Crippen molar-refractivity contribution in [1.29, 1.82) is 0 Å². The molecule has 0 fully saturated rings. The average Bonchev–Trinajstić information content (AvgIpc) is 2.37. The summed E-state index contributed by atoms with van der Waals surface area (Å²) in [5.74, 6) is -3.58. The number of hydrogen-bond donors (Lipinski definition) is 1. The van der Waals surface area contributed by atoms with Crippen LogP contribution in [0.25, 0.3) is 0 Å². The van der Waals surface area contributed by atoms with Gasteiger partial charge in [-0.15, -0.1) is 0 Å². The van der Waals surface area contributed by atoms with Crippen molar-refractivity contribution >= 4 is 0 Å². The minimum absolute atomic E-state index is 0.0320. The first kappa shape index (κ1) is 17.0. The summed E-state index contributed by atoms with van der Waals surface area (Å²) in [6.07, 6.45) is 2.10. The van der Waals surface area contributed by atoms with Gasteiger partial charge in [0.15, 0.2) is 17.5 Å². The van der Waals surface area contributed by atoms with Crippen LogP contribution in [0.2, 0.25) is 0 Å². The van der Waals surface area contributed by atoms with Gasteiger partial charge in [-0.05, 0) is 42.9 Å². The Morgan fingerprint density at radius 3 is 2.30 bits per heavy atom. The van der Waals surface area contributed by atoms with E-state index in [9.17, 15) is 13.2 Å². The molecule has 0 aliphatic heterocycles. The van der Waals surface area contributed by atoms with Gasteiger partial charge >= 0.3 is 0 Å². The van der Waals surface area contributed by atoms with Gasteiger partial charge in [-0.3, -0.25) is 0 Å². The molecule has 0 aliphatic carbocycles. The normalized spacial score (nSPS) is 13.6. The quantitative estimate of drug-likeness (QED) is 0.762. The molecule has 1 nitrogen and oxygen atoms in total. The van der Waals surface area contributed by atoms with E-state index in [0.717, 1.165) is 19.0 Å². The number of hydrogen-bond acceptors (Lipinski definition) is 1. The van der Waals surface area contributed by atoms with E-state index in [1.807, 2.05) is 0 Å². The maximum atomic E-state index is 13.6. The Labute approximate surface area is 119 Å². The Morgan fingerprint density at radius 2 is 1.75 bits per heavy atom. The van der Waals surface area contributed by atoms with E-state index in [2.05, 4.69) is 33.0 Å². The van der Waals surface area contributed by atoms with Gasteiger partial charge in [-0.2, -0.15) is 0 Å². The van der Waals surface area contributed by atoms with Gasteiger partial charge in [-0.1, -0.05) is 33.8 Å². The van der Waals surface area contributed by atoms with Crippen LogP contribution in [-0.4, -0.2) is 12.6 Å². The highest BCUT2D eigenvalue weighted by Gasteiger charge is 2.24. The first-order valence-corrected chi connectivity index (χ1v) is 7.13. The molecule has 0 aliphatic rings. The predicted octanol–water partition coefficient (Wildman–Crippen LogP) is 4.45. The molecular weight excluding hydrogens is 263 g/mol. The molecule has 1 unspecified atom stereocenters. The van der Waals surface area contributed by atoms with Gasteiger partial charge in [0.05, 0.1) is 0 Å². The number of benzene rings is 1. The van der Waals surface area contributed by atoms with Crippen LogP contribution in [-0.2, 0) is 6.42 Å². The van der Waals surface area contributed by atoms with Gasteiger partial charge < -0.3 is 5.32 Å². The molecule has 1 N–H and O–H groups in total.